The first-order chi connectivity index (χ1) is 9.06. The molecule has 0 aromatic heterocycles. The van der Waals surface area contributed by atoms with Crippen LogP contribution in [0.15, 0.2) is 12.1 Å². The van der Waals surface area contributed by atoms with E-state index in [-0.39, 0.29) is 12.6 Å². The highest BCUT2D eigenvalue weighted by atomic mass is 19.2. The summed E-state index contributed by atoms with van der Waals surface area (Å²) in [6.45, 7) is 3.10. The van der Waals surface area contributed by atoms with Crippen LogP contribution in [0.1, 0.15) is 24.9 Å². The van der Waals surface area contributed by atoms with Gasteiger partial charge in [-0.2, -0.15) is 0 Å². The van der Waals surface area contributed by atoms with Gasteiger partial charge in [0.1, 0.15) is 0 Å². The Hall–Kier alpha value is -1.11. The van der Waals surface area contributed by atoms with Gasteiger partial charge in [0.05, 0.1) is 13.2 Å². The number of rotatable bonds is 8. The van der Waals surface area contributed by atoms with Gasteiger partial charge in [0, 0.05) is 12.6 Å². The third-order valence-electron chi connectivity index (χ3n) is 2.66. The normalized spacial score (nSPS) is 12.7. The smallest absolute Gasteiger partial charge is 0.194 e. The molecule has 0 saturated carbocycles. The maximum Gasteiger partial charge on any atom is 0.194 e. The van der Waals surface area contributed by atoms with Crippen molar-refractivity contribution in [3.05, 3.63) is 35.1 Å². The molecular weight excluding hydrogens is 259 g/mol. The van der Waals surface area contributed by atoms with E-state index in [4.69, 9.17) is 9.84 Å². The average Bonchev–Trinajstić information content (AvgIpc) is 2.39. The summed E-state index contributed by atoms with van der Waals surface area (Å²) >= 11 is 0. The molecule has 3 nitrogen and oxygen atoms in total. The Morgan fingerprint density at radius 3 is 2.42 bits per heavy atom. The fraction of sp³-hybridized carbons (Fsp3) is 0.538. The monoisotopic (exact) mass is 277 g/mol. The summed E-state index contributed by atoms with van der Waals surface area (Å²) < 4.78 is 43.9. The van der Waals surface area contributed by atoms with Crippen LogP contribution >= 0.6 is 0 Å². The molecule has 108 valence electrons. The molecular formula is C13H18F3NO2. The zero-order valence-corrected chi connectivity index (χ0v) is 10.8. The summed E-state index contributed by atoms with van der Waals surface area (Å²) in [5, 5.41) is 11.5. The predicted molar refractivity (Wildman–Crippen MR) is 65.3 cm³/mol. The Morgan fingerprint density at radius 2 is 1.84 bits per heavy atom. The Balaban J connectivity index is 2.39. The van der Waals surface area contributed by atoms with E-state index in [0.29, 0.717) is 31.7 Å². The largest absolute Gasteiger partial charge is 0.394 e. The van der Waals surface area contributed by atoms with Gasteiger partial charge in [-0.25, -0.2) is 13.2 Å². The first kappa shape index (κ1) is 15.9. The number of halogens is 3. The molecule has 19 heavy (non-hydrogen) atoms. The third kappa shape index (κ3) is 5.18. The van der Waals surface area contributed by atoms with E-state index in [0.717, 1.165) is 12.1 Å². The van der Waals surface area contributed by atoms with Crippen molar-refractivity contribution in [3.8, 4) is 0 Å². The molecule has 1 rings (SSSR count). The highest BCUT2D eigenvalue weighted by Crippen LogP contribution is 2.18. The second-order valence-electron chi connectivity index (χ2n) is 4.16. The maximum absolute atomic E-state index is 13.0. The number of aliphatic hydroxyl groups is 1. The fourth-order valence-corrected chi connectivity index (χ4v) is 1.60. The van der Waals surface area contributed by atoms with Crippen molar-refractivity contribution in [3.63, 3.8) is 0 Å². The molecule has 1 aromatic rings. The van der Waals surface area contributed by atoms with Crippen molar-refractivity contribution in [2.45, 2.75) is 19.4 Å². The molecule has 0 bridgehead atoms. The first-order valence-corrected chi connectivity index (χ1v) is 6.12. The number of hydrogen-bond acceptors (Lipinski definition) is 3. The summed E-state index contributed by atoms with van der Waals surface area (Å²) in [7, 11) is 0. The van der Waals surface area contributed by atoms with Gasteiger partial charge in [0.15, 0.2) is 17.5 Å². The van der Waals surface area contributed by atoms with Crippen molar-refractivity contribution in [1.29, 1.82) is 0 Å². The number of aliphatic hydroxyl groups excluding tert-OH is 1. The topological polar surface area (TPSA) is 41.5 Å². The van der Waals surface area contributed by atoms with Crippen molar-refractivity contribution >= 4 is 0 Å². The van der Waals surface area contributed by atoms with Gasteiger partial charge >= 0.3 is 0 Å². The van der Waals surface area contributed by atoms with Crippen LogP contribution in [0.25, 0.3) is 0 Å². The van der Waals surface area contributed by atoms with E-state index >= 15 is 0 Å². The van der Waals surface area contributed by atoms with Crippen LogP contribution in [0.2, 0.25) is 0 Å². The third-order valence-corrected chi connectivity index (χ3v) is 2.66. The van der Waals surface area contributed by atoms with Crippen LogP contribution in [0, 0.1) is 17.5 Å². The van der Waals surface area contributed by atoms with E-state index in [1.54, 1.807) is 6.92 Å². The lowest BCUT2D eigenvalue weighted by atomic mass is 10.1. The molecule has 0 heterocycles. The summed E-state index contributed by atoms with van der Waals surface area (Å²) in [5.41, 5.74) is 0.354. The first-order valence-electron chi connectivity index (χ1n) is 6.12. The summed E-state index contributed by atoms with van der Waals surface area (Å²) in [4.78, 5) is 0. The number of ether oxygens (including phenoxy) is 1. The van der Waals surface area contributed by atoms with Gasteiger partial charge < -0.3 is 15.2 Å². The molecule has 0 spiro atoms. The molecule has 2 N–H and O–H groups in total. The molecule has 0 amide bonds. The Bertz CT molecular complexity index is 378. The highest BCUT2D eigenvalue weighted by molar-refractivity contribution is 5.22. The minimum atomic E-state index is -1.45. The quantitative estimate of drug-likeness (QED) is 0.565. The van der Waals surface area contributed by atoms with Gasteiger partial charge in [-0.1, -0.05) is 0 Å². The van der Waals surface area contributed by atoms with Crippen LogP contribution in [-0.4, -0.2) is 31.5 Å². The molecule has 1 aromatic carbocycles. The highest BCUT2D eigenvalue weighted by Gasteiger charge is 2.13. The molecule has 0 aliphatic rings. The molecule has 0 aliphatic carbocycles. The van der Waals surface area contributed by atoms with Crippen molar-refractivity contribution in [2.75, 3.05) is 26.4 Å². The van der Waals surface area contributed by atoms with Crippen LogP contribution < -0.4 is 5.32 Å². The van der Waals surface area contributed by atoms with Crippen molar-refractivity contribution < 1.29 is 23.0 Å². The van der Waals surface area contributed by atoms with Crippen LogP contribution in [0.5, 0.6) is 0 Å². The number of nitrogens with one attached hydrogen (secondary N) is 1. The van der Waals surface area contributed by atoms with E-state index < -0.39 is 17.5 Å². The Morgan fingerprint density at radius 1 is 1.21 bits per heavy atom. The lowest BCUT2D eigenvalue weighted by Crippen LogP contribution is -2.21. The summed E-state index contributed by atoms with van der Waals surface area (Å²) in [6, 6.07) is 1.68. The lowest BCUT2D eigenvalue weighted by Gasteiger charge is -2.14. The van der Waals surface area contributed by atoms with Crippen LogP contribution in [-0.2, 0) is 4.74 Å². The minimum Gasteiger partial charge on any atom is -0.394 e. The second kappa shape index (κ2) is 8.14. The molecule has 6 heteroatoms. The molecule has 0 fully saturated rings. The second-order valence-corrected chi connectivity index (χ2v) is 4.16. The van der Waals surface area contributed by atoms with E-state index in [9.17, 15) is 13.2 Å². The van der Waals surface area contributed by atoms with Crippen LogP contribution in [0.3, 0.4) is 0 Å². The summed E-state index contributed by atoms with van der Waals surface area (Å²) in [5.74, 6) is -3.82. The standard InChI is InChI=1S/C13H18F3NO2/c1-9(17-3-2-5-19-6-4-18)10-7-11(14)13(16)12(15)8-10/h7-9,17-18H,2-6H2,1H3. The van der Waals surface area contributed by atoms with Crippen molar-refractivity contribution in [1.82, 2.24) is 5.32 Å². The van der Waals surface area contributed by atoms with Crippen molar-refractivity contribution in [2.24, 2.45) is 0 Å². The molecule has 1 unspecified atom stereocenters. The Kier molecular flexibility index (Phi) is 6.83. The molecule has 0 aliphatic heterocycles. The lowest BCUT2D eigenvalue weighted by molar-refractivity contribution is 0.0904. The summed E-state index contributed by atoms with van der Waals surface area (Å²) in [6.07, 6.45) is 0.705. The molecule has 0 radical (unpaired) electrons. The molecule has 0 saturated heterocycles. The van der Waals surface area contributed by atoms with E-state index in [1.165, 1.54) is 0 Å². The number of benzene rings is 1. The number of hydrogen-bond donors (Lipinski definition) is 2. The minimum absolute atomic E-state index is 0.0159. The van der Waals surface area contributed by atoms with Gasteiger partial charge in [-0.15, -0.1) is 0 Å². The zero-order chi connectivity index (χ0) is 14.3. The maximum atomic E-state index is 13.0. The van der Waals surface area contributed by atoms with Gasteiger partial charge in [-0.3, -0.25) is 0 Å². The van der Waals surface area contributed by atoms with Gasteiger partial charge in [-0.05, 0) is 37.6 Å². The van der Waals surface area contributed by atoms with Gasteiger partial charge in [0.2, 0.25) is 0 Å². The zero-order valence-electron chi connectivity index (χ0n) is 10.8. The predicted octanol–water partition coefficient (Wildman–Crippen LogP) is 2.15. The van der Waals surface area contributed by atoms with Gasteiger partial charge in [0.25, 0.3) is 0 Å². The Labute approximate surface area is 110 Å². The van der Waals surface area contributed by atoms with E-state index in [1.807, 2.05) is 0 Å². The SMILES string of the molecule is CC(NCCCOCCO)c1cc(F)c(F)c(F)c1. The average molecular weight is 277 g/mol. The fourth-order valence-electron chi connectivity index (χ4n) is 1.60. The van der Waals surface area contributed by atoms with Crippen LogP contribution in [0.4, 0.5) is 13.2 Å². The molecule has 1 atom stereocenters. The van der Waals surface area contributed by atoms with E-state index in [2.05, 4.69) is 5.32 Å².